The molecule has 1 heterocycles. The van der Waals surface area contributed by atoms with Crippen LogP contribution in [0, 0.1) is 6.92 Å². The molecule has 104 valence electrons. The molecule has 1 aromatic rings. The molecule has 0 amide bonds. The van der Waals surface area contributed by atoms with Gasteiger partial charge in [-0.05, 0) is 33.9 Å². The molecule has 0 bridgehead atoms. The molecule has 0 aliphatic rings. The van der Waals surface area contributed by atoms with Crippen LogP contribution >= 0.6 is 0 Å². The molecule has 0 aliphatic heterocycles. The van der Waals surface area contributed by atoms with Gasteiger partial charge in [0.2, 0.25) is 0 Å². The maximum absolute atomic E-state index is 12.2. The van der Waals surface area contributed by atoms with Crippen LogP contribution in [-0.2, 0) is 16.6 Å². The first-order valence-corrected chi connectivity index (χ1v) is 7.52. The second-order valence-corrected chi connectivity index (χ2v) is 6.19. The average Bonchev–Trinajstić information content (AvgIpc) is 2.71. The van der Waals surface area contributed by atoms with Crippen molar-refractivity contribution in [3.63, 3.8) is 0 Å². The molecule has 0 spiro atoms. The molecule has 0 aromatic carbocycles. The van der Waals surface area contributed by atoms with Gasteiger partial charge in [-0.2, -0.15) is 4.31 Å². The summed E-state index contributed by atoms with van der Waals surface area (Å²) in [6.07, 6.45) is 2.37. The molecule has 6 nitrogen and oxygen atoms in total. The van der Waals surface area contributed by atoms with E-state index in [1.54, 1.807) is 13.2 Å². The van der Waals surface area contributed by atoms with Gasteiger partial charge in [0.05, 0.1) is 0 Å². The van der Waals surface area contributed by atoms with Gasteiger partial charge in [-0.1, -0.05) is 0 Å². The van der Waals surface area contributed by atoms with Crippen molar-refractivity contribution in [2.75, 3.05) is 27.2 Å². The first kappa shape index (κ1) is 15.1. The highest BCUT2D eigenvalue weighted by Crippen LogP contribution is 2.14. The molecule has 1 aromatic heterocycles. The summed E-state index contributed by atoms with van der Waals surface area (Å²) in [4.78, 5) is 4.12. The van der Waals surface area contributed by atoms with Crippen molar-refractivity contribution < 1.29 is 8.42 Å². The van der Waals surface area contributed by atoms with Gasteiger partial charge in [-0.25, -0.2) is 13.4 Å². The third-order valence-electron chi connectivity index (χ3n) is 2.87. The maximum atomic E-state index is 12.2. The van der Waals surface area contributed by atoms with Crippen molar-refractivity contribution >= 4 is 10.0 Å². The number of aryl methyl sites for hydroxylation is 2. The van der Waals surface area contributed by atoms with E-state index in [0.29, 0.717) is 6.54 Å². The first-order chi connectivity index (χ1) is 8.43. The van der Waals surface area contributed by atoms with E-state index in [1.807, 2.05) is 25.5 Å². The fraction of sp³-hybridized carbons (Fsp3) is 0.727. The van der Waals surface area contributed by atoms with Crippen LogP contribution in [-0.4, -0.2) is 49.5 Å². The van der Waals surface area contributed by atoms with Gasteiger partial charge >= 0.3 is 0 Å². The standard InChI is InChI=1S/C11H22N4O2S/c1-5-15-9-11(13-10(15)2)18(16,17)14(4)8-6-7-12-3/h9,12H,5-8H2,1-4H3. The van der Waals surface area contributed by atoms with Gasteiger partial charge in [-0.3, -0.25) is 0 Å². The van der Waals surface area contributed by atoms with Crippen LogP contribution in [0.3, 0.4) is 0 Å². The number of hydrogen-bond acceptors (Lipinski definition) is 4. The lowest BCUT2D eigenvalue weighted by atomic mass is 10.4. The van der Waals surface area contributed by atoms with E-state index >= 15 is 0 Å². The van der Waals surface area contributed by atoms with E-state index in [0.717, 1.165) is 25.3 Å². The van der Waals surface area contributed by atoms with Crippen molar-refractivity contribution in [3.05, 3.63) is 12.0 Å². The monoisotopic (exact) mass is 274 g/mol. The molecule has 7 heteroatoms. The van der Waals surface area contributed by atoms with Gasteiger partial charge in [0, 0.05) is 26.3 Å². The fourth-order valence-electron chi connectivity index (χ4n) is 1.68. The number of imidazole rings is 1. The predicted octanol–water partition coefficient (Wildman–Crippen LogP) is 0.441. The summed E-state index contributed by atoms with van der Waals surface area (Å²) in [5, 5.41) is 3.13. The Morgan fingerprint density at radius 1 is 1.50 bits per heavy atom. The minimum Gasteiger partial charge on any atom is -0.334 e. The van der Waals surface area contributed by atoms with E-state index in [4.69, 9.17) is 0 Å². The minimum atomic E-state index is -3.46. The predicted molar refractivity (Wildman–Crippen MR) is 71.0 cm³/mol. The molecule has 0 unspecified atom stereocenters. The van der Waals surface area contributed by atoms with E-state index in [9.17, 15) is 8.42 Å². The van der Waals surface area contributed by atoms with E-state index in [-0.39, 0.29) is 5.03 Å². The Morgan fingerprint density at radius 2 is 2.17 bits per heavy atom. The van der Waals surface area contributed by atoms with E-state index in [1.165, 1.54) is 4.31 Å². The van der Waals surface area contributed by atoms with Crippen LogP contribution in [0.2, 0.25) is 0 Å². The lowest BCUT2D eigenvalue weighted by Gasteiger charge is -2.15. The number of sulfonamides is 1. The maximum Gasteiger partial charge on any atom is 0.261 e. The SMILES string of the molecule is CCn1cc(S(=O)(=O)N(C)CCCNC)nc1C. The molecular formula is C11H22N4O2S. The smallest absolute Gasteiger partial charge is 0.261 e. The zero-order valence-corrected chi connectivity index (χ0v) is 12.3. The number of hydrogen-bond donors (Lipinski definition) is 1. The summed E-state index contributed by atoms with van der Waals surface area (Å²) >= 11 is 0. The van der Waals surface area contributed by atoms with Crippen molar-refractivity contribution in [3.8, 4) is 0 Å². The zero-order valence-electron chi connectivity index (χ0n) is 11.5. The molecule has 0 radical (unpaired) electrons. The molecule has 1 N–H and O–H groups in total. The summed E-state index contributed by atoms with van der Waals surface area (Å²) in [5.41, 5.74) is 0. The van der Waals surface area contributed by atoms with Crippen LogP contribution in [0.1, 0.15) is 19.2 Å². The molecule has 0 fully saturated rings. The van der Waals surface area contributed by atoms with Gasteiger partial charge in [0.1, 0.15) is 5.82 Å². The normalized spacial score (nSPS) is 12.3. The Kier molecular flexibility index (Phi) is 5.30. The molecule has 0 saturated carbocycles. The molecule has 0 aliphatic carbocycles. The molecule has 0 saturated heterocycles. The second-order valence-electron chi connectivity index (χ2n) is 4.20. The number of aromatic nitrogens is 2. The quantitative estimate of drug-likeness (QED) is 0.733. The van der Waals surface area contributed by atoms with Crippen molar-refractivity contribution in [1.82, 2.24) is 19.2 Å². The number of nitrogens with zero attached hydrogens (tertiary/aromatic N) is 3. The van der Waals surface area contributed by atoms with Gasteiger partial charge in [0.15, 0.2) is 5.03 Å². The number of nitrogens with one attached hydrogen (secondary N) is 1. The van der Waals surface area contributed by atoms with Crippen LogP contribution in [0.25, 0.3) is 0 Å². The first-order valence-electron chi connectivity index (χ1n) is 6.08. The van der Waals surface area contributed by atoms with Gasteiger partial charge < -0.3 is 9.88 Å². The average molecular weight is 274 g/mol. The topological polar surface area (TPSA) is 67.2 Å². The van der Waals surface area contributed by atoms with Crippen molar-refractivity contribution in [2.45, 2.75) is 31.8 Å². The van der Waals surface area contributed by atoms with Crippen LogP contribution in [0.15, 0.2) is 11.2 Å². The Morgan fingerprint density at radius 3 is 2.67 bits per heavy atom. The fourth-order valence-corrected chi connectivity index (χ4v) is 2.88. The second kappa shape index (κ2) is 6.31. The zero-order chi connectivity index (χ0) is 13.8. The Labute approximate surface area is 109 Å². The molecule has 18 heavy (non-hydrogen) atoms. The Balaban J connectivity index is 2.84. The highest BCUT2D eigenvalue weighted by atomic mass is 32.2. The van der Waals surface area contributed by atoms with Gasteiger partial charge in [0.25, 0.3) is 10.0 Å². The summed E-state index contributed by atoms with van der Waals surface area (Å²) in [6.45, 7) is 5.77. The molecule has 1 rings (SSSR count). The lowest BCUT2D eigenvalue weighted by Crippen LogP contribution is -2.29. The molecular weight excluding hydrogens is 252 g/mol. The summed E-state index contributed by atoms with van der Waals surface area (Å²) in [6, 6.07) is 0. The minimum absolute atomic E-state index is 0.133. The van der Waals surface area contributed by atoms with E-state index in [2.05, 4.69) is 10.3 Å². The lowest BCUT2D eigenvalue weighted by molar-refractivity contribution is 0.456. The molecule has 0 atom stereocenters. The van der Waals surface area contributed by atoms with Crippen LogP contribution in [0.5, 0.6) is 0 Å². The summed E-state index contributed by atoms with van der Waals surface area (Å²) in [7, 11) is -0.0210. The van der Waals surface area contributed by atoms with Crippen LogP contribution < -0.4 is 5.32 Å². The van der Waals surface area contributed by atoms with Gasteiger partial charge in [-0.15, -0.1) is 0 Å². The third-order valence-corrected chi connectivity index (χ3v) is 4.60. The summed E-state index contributed by atoms with van der Waals surface area (Å²) < 4.78 is 27.7. The largest absolute Gasteiger partial charge is 0.334 e. The highest BCUT2D eigenvalue weighted by molar-refractivity contribution is 7.89. The summed E-state index contributed by atoms with van der Waals surface area (Å²) in [5.74, 6) is 0.722. The van der Waals surface area contributed by atoms with Crippen LogP contribution in [0.4, 0.5) is 0 Å². The highest BCUT2D eigenvalue weighted by Gasteiger charge is 2.23. The van der Waals surface area contributed by atoms with E-state index < -0.39 is 10.0 Å². The third kappa shape index (κ3) is 3.30. The Bertz CT molecular complexity index is 481. The Hall–Kier alpha value is -0.920. The van der Waals surface area contributed by atoms with Crippen molar-refractivity contribution in [2.24, 2.45) is 0 Å². The number of rotatable bonds is 7. The van der Waals surface area contributed by atoms with Crippen molar-refractivity contribution in [1.29, 1.82) is 0 Å².